The van der Waals surface area contributed by atoms with Crippen LogP contribution < -0.4 is 5.73 Å². The fourth-order valence-electron chi connectivity index (χ4n) is 2.02. The van der Waals surface area contributed by atoms with E-state index in [1.54, 1.807) is 6.26 Å². The Morgan fingerprint density at radius 1 is 1.47 bits per heavy atom. The molecule has 1 aromatic rings. The van der Waals surface area contributed by atoms with Gasteiger partial charge < -0.3 is 10.2 Å². The number of nitrogens with zero attached hydrogens (tertiary/aromatic N) is 1. The predicted octanol–water partition coefficient (Wildman–Crippen LogP) is 2.19. The molecule has 1 aliphatic rings. The van der Waals surface area contributed by atoms with Gasteiger partial charge >= 0.3 is 0 Å². The molecule has 1 aromatic heterocycles. The summed E-state index contributed by atoms with van der Waals surface area (Å²) < 4.78 is 5.40. The summed E-state index contributed by atoms with van der Waals surface area (Å²) >= 11 is 0. The van der Waals surface area contributed by atoms with Crippen LogP contribution in [-0.2, 0) is 0 Å². The fraction of sp³-hybridized carbons (Fsp3) is 0.636. The van der Waals surface area contributed by atoms with Crippen LogP contribution in [0, 0.1) is 0 Å². The van der Waals surface area contributed by atoms with Gasteiger partial charge in [-0.1, -0.05) is 0 Å². The first-order valence-electron chi connectivity index (χ1n) is 5.30. The molecule has 0 saturated carbocycles. The Morgan fingerprint density at radius 3 is 2.67 bits per heavy atom. The lowest BCUT2D eigenvalue weighted by molar-refractivity contribution is 0.147. The third-order valence-corrected chi connectivity index (χ3v) is 3.08. The van der Waals surface area contributed by atoms with Gasteiger partial charge in [0.1, 0.15) is 5.76 Å². The van der Waals surface area contributed by atoms with E-state index in [-0.39, 0.29) is 12.4 Å². The number of hydrogen-bond donors (Lipinski definition) is 1. The third kappa shape index (κ3) is 2.97. The number of hydrogen-bond acceptors (Lipinski definition) is 3. The van der Waals surface area contributed by atoms with Crippen molar-refractivity contribution in [3.05, 3.63) is 24.2 Å². The van der Waals surface area contributed by atoms with E-state index >= 15 is 0 Å². The van der Waals surface area contributed by atoms with E-state index in [4.69, 9.17) is 10.2 Å². The fourth-order valence-corrected chi connectivity index (χ4v) is 2.02. The van der Waals surface area contributed by atoms with Crippen LogP contribution in [0.1, 0.15) is 31.6 Å². The quantitative estimate of drug-likeness (QED) is 0.847. The van der Waals surface area contributed by atoms with Crippen LogP contribution in [0.2, 0.25) is 0 Å². The van der Waals surface area contributed by atoms with Gasteiger partial charge in [0.25, 0.3) is 0 Å². The molecule has 0 aromatic carbocycles. The zero-order valence-corrected chi connectivity index (χ0v) is 9.87. The molecule has 15 heavy (non-hydrogen) atoms. The van der Waals surface area contributed by atoms with E-state index in [2.05, 4.69) is 11.8 Å². The van der Waals surface area contributed by atoms with Gasteiger partial charge in [-0.25, -0.2) is 0 Å². The highest BCUT2D eigenvalue weighted by Gasteiger charge is 2.22. The Morgan fingerprint density at radius 2 is 2.13 bits per heavy atom. The topological polar surface area (TPSA) is 42.4 Å². The van der Waals surface area contributed by atoms with Crippen molar-refractivity contribution in [3.63, 3.8) is 0 Å². The largest absolute Gasteiger partial charge is 0.468 e. The lowest BCUT2D eigenvalue weighted by Crippen LogP contribution is -2.40. The van der Waals surface area contributed by atoms with Crippen molar-refractivity contribution in [2.75, 3.05) is 13.1 Å². The predicted molar refractivity (Wildman–Crippen MR) is 63.2 cm³/mol. The van der Waals surface area contributed by atoms with Crippen LogP contribution in [0.25, 0.3) is 0 Å². The molecule has 0 aliphatic carbocycles. The second-order valence-corrected chi connectivity index (χ2v) is 4.06. The zero-order chi connectivity index (χ0) is 9.97. The second kappa shape index (κ2) is 5.54. The molecule has 1 atom stereocenters. The van der Waals surface area contributed by atoms with Gasteiger partial charge in [-0.3, -0.25) is 4.90 Å². The molecular weight excluding hydrogens is 212 g/mol. The Kier molecular flexibility index (Phi) is 4.64. The maximum atomic E-state index is 5.87. The standard InChI is InChI=1S/C11H18N2O.ClH/c1-9(11-3-2-8-14-11)13-6-4-10(12)5-7-13;/h2-3,8-10H,4-7,12H2,1H3;1H. The van der Waals surface area contributed by atoms with Gasteiger partial charge in [0, 0.05) is 19.1 Å². The summed E-state index contributed by atoms with van der Waals surface area (Å²) in [7, 11) is 0. The molecule has 86 valence electrons. The van der Waals surface area contributed by atoms with Gasteiger partial charge in [-0.2, -0.15) is 0 Å². The zero-order valence-electron chi connectivity index (χ0n) is 9.06. The lowest BCUT2D eigenvalue weighted by atomic mass is 10.0. The van der Waals surface area contributed by atoms with Crippen molar-refractivity contribution in [2.45, 2.75) is 31.8 Å². The Bertz CT molecular complexity index is 268. The Balaban J connectivity index is 0.00000112. The van der Waals surface area contributed by atoms with Crippen molar-refractivity contribution in [3.8, 4) is 0 Å². The van der Waals surface area contributed by atoms with Gasteiger partial charge in [-0.05, 0) is 31.9 Å². The third-order valence-electron chi connectivity index (χ3n) is 3.08. The molecule has 1 fully saturated rings. The summed E-state index contributed by atoms with van der Waals surface area (Å²) in [6, 6.07) is 4.77. The van der Waals surface area contributed by atoms with E-state index < -0.39 is 0 Å². The maximum absolute atomic E-state index is 5.87. The van der Waals surface area contributed by atoms with Gasteiger partial charge in [0.15, 0.2) is 0 Å². The molecule has 2 rings (SSSR count). The van der Waals surface area contributed by atoms with Crippen LogP contribution >= 0.6 is 12.4 Å². The van der Waals surface area contributed by atoms with Crippen LogP contribution in [0.3, 0.4) is 0 Å². The molecule has 0 amide bonds. The van der Waals surface area contributed by atoms with E-state index in [1.807, 2.05) is 12.1 Å². The molecule has 1 saturated heterocycles. The summed E-state index contributed by atoms with van der Waals surface area (Å²) in [5.74, 6) is 1.06. The lowest BCUT2D eigenvalue weighted by Gasteiger charge is -2.33. The molecule has 1 aliphatic heterocycles. The molecule has 0 spiro atoms. The molecule has 1 unspecified atom stereocenters. The molecule has 2 N–H and O–H groups in total. The number of nitrogens with two attached hydrogens (primary N) is 1. The van der Waals surface area contributed by atoms with Gasteiger partial charge in [-0.15, -0.1) is 12.4 Å². The number of rotatable bonds is 2. The van der Waals surface area contributed by atoms with Crippen molar-refractivity contribution in [1.82, 2.24) is 4.90 Å². The number of likely N-dealkylation sites (tertiary alicyclic amines) is 1. The van der Waals surface area contributed by atoms with Gasteiger partial charge in [0.05, 0.1) is 12.3 Å². The van der Waals surface area contributed by atoms with Crippen molar-refractivity contribution >= 4 is 12.4 Å². The Hall–Kier alpha value is -0.510. The van der Waals surface area contributed by atoms with E-state index in [1.165, 1.54) is 0 Å². The summed E-state index contributed by atoms with van der Waals surface area (Å²) in [6.45, 7) is 4.36. The normalized spacial score (nSPS) is 20.9. The van der Waals surface area contributed by atoms with Crippen molar-refractivity contribution in [2.24, 2.45) is 5.73 Å². The number of piperidine rings is 1. The average Bonchev–Trinajstić information content (AvgIpc) is 2.71. The SMILES string of the molecule is CC(c1ccco1)N1CCC(N)CC1.Cl. The summed E-state index contributed by atoms with van der Waals surface area (Å²) in [4.78, 5) is 2.43. The first kappa shape index (κ1) is 12.6. The minimum Gasteiger partial charge on any atom is -0.468 e. The van der Waals surface area contributed by atoms with Gasteiger partial charge in [0.2, 0.25) is 0 Å². The van der Waals surface area contributed by atoms with Crippen LogP contribution in [0.5, 0.6) is 0 Å². The van der Waals surface area contributed by atoms with Crippen LogP contribution in [-0.4, -0.2) is 24.0 Å². The van der Waals surface area contributed by atoms with Crippen LogP contribution in [0.4, 0.5) is 0 Å². The Labute approximate surface area is 97.0 Å². The molecule has 3 nitrogen and oxygen atoms in total. The highest BCUT2D eigenvalue weighted by Crippen LogP contribution is 2.23. The minimum absolute atomic E-state index is 0. The average molecular weight is 231 g/mol. The molecule has 2 heterocycles. The summed E-state index contributed by atoms with van der Waals surface area (Å²) in [5.41, 5.74) is 5.87. The minimum atomic E-state index is 0. The highest BCUT2D eigenvalue weighted by molar-refractivity contribution is 5.85. The number of furan rings is 1. The van der Waals surface area contributed by atoms with E-state index in [9.17, 15) is 0 Å². The van der Waals surface area contributed by atoms with E-state index in [0.29, 0.717) is 12.1 Å². The molecule has 0 radical (unpaired) electrons. The number of halogens is 1. The highest BCUT2D eigenvalue weighted by atomic mass is 35.5. The molecule has 0 bridgehead atoms. The first-order chi connectivity index (χ1) is 6.77. The van der Waals surface area contributed by atoms with Crippen LogP contribution in [0.15, 0.2) is 22.8 Å². The summed E-state index contributed by atoms with van der Waals surface area (Å²) in [6.07, 6.45) is 3.94. The molecule has 4 heteroatoms. The monoisotopic (exact) mass is 230 g/mol. The van der Waals surface area contributed by atoms with Crippen molar-refractivity contribution < 1.29 is 4.42 Å². The smallest absolute Gasteiger partial charge is 0.120 e. The second-order valence-electron chi connectivity index (χ2n) is 4.06. The van der Waals surface area contributed by atoms with Crippen molar-refractivity contribution in [1.29, 1.82) is 0 Å². The van der Waals surface area contributed by atoms with E-state index in [0.717, 1.165) is 31.7 Å². The molecular formula is C11H19ClN2O. The first-order valence-corrected chi connectivity index (χ1v) is 5.30. The summed E-state index contributed by atoms with van der Waals surface area (Å²) in [5, 5.41) is 0. The maximum Gasteiger partial charge on any atom is 0.120 e.